The number of nitrogens with one attached hydrogen (secondary N) is 1. The Labute approximate surface area is 171 Å². The van der Waals surface area contributed by atoms with Crippen LogP contribution in [0, 0.1) is 6.92 Å². The number of hydrogen-bond donors (Lipinski definition) is 1. The number of carbonyl (C=O) groups excluding carboxylic acids is 3. The van der Waals surface area contributed by atoms with Gasteiger partial charge in [0.15, 0.2) is 12.4 Å². The van der Waals surface area contributed by atoms with Crippen LogP contribution in [0.4, 0.5) is 5.69 Å². The summed E-state index contributed by atoms with van der Waals surface area (Å²) in [5.74, 6) is -1.40. The highest BCUT2D eigenvalue weighted by atomic mass is 32.1. The first-order chi connectivity index (χ1) is 14.0. The van der Waals surface area contributed by atoms with Gasteiger partial charge in [-0.1, -0.05) is 42.5 Å². The molecule has 29 heavy (non-hydrogen) atoms. The van der Waals surface area contributed by atoms with Crippen molar-refractivity contribution in [3.63, 3.8) is 0 Å². The molecule has 1 aromatic heterocycles. The SMILES string of the molecule is Cc1nc(/C=C/C(=O)OCC(=O)Nc2ccccc2C(=O)c2ccccc2)cs1. The lowest BCUT2D eigenvalue weighted by Gasteiger charge is -2.10. The first-order valence-corrected chi connectivity index (χ1v) is 9.66. The maximum Gasteiger partial charge on any atom is 0.331 e. The molecule has 3 rings (SSSR count). The molecule has 0 unspecified atom stereocenters. The van der Waals surface area contributed by atoms with E-state index in [1.165, 1.54) is 23.5 Å². The number of benzene rings is 2. The van der Waals surface area contributed by atoms with Crippen LogP contribution in [0.15, 0.2) is 66.1 Å². The lowest BCUT2D eigenvalue weighted by Crippen LogP contribution is -2.21. The van der Waals surface area contributed by atoms with E-state index < -0.39 is 18.5 Å². The summed E-state index contributed by atoms with van der Waals surface area (Å²) in [5.41, 5.74) is 1.89. The van der Waals surface area contributed by atoms with Gasteiger partial charge >= 0.3 is 5.97 Å². The van der Waals surface area contributed by atoms with Crippen LogP contribution in [-0.2, 0) is 14.3 Å². The van der Waals surface area contributed by atoms with Gasteiger partial charge in [-0.15, -0.1) is 11.3 Å². The first-order valence-electron chi connectivity index (χ1n) is 8.78. The Morgan fingerprint density at radius 1 is 1.07 bits per heavy atom. The molecular weight excluding hydrogens is 388 g/mol. The fourth-order valence-corrected chi connectivity index (χ4v) is 3.10. The zero-order valence-electron chi connectivity index (χ0n) is 15.6. The Bertz CT molecular complexity index is 1060. The summed E-state index contributed by atoms with van der Waals surface area (Å²) in [6.45, 7) is 1.40. The lowest BCUT2D eigenvalue weighted by molar-refractivity contribution is -0.142. The average Bonchev–Trinajstić information content (AvgIpc) is 3.16. The summed E-state index contributed by atoms with van der Waals surface area (Å²) in [6.07, 6.45) is 2.74. The number of anilines is 1. The van der Waals surface area contributed by atoms with Crippen molar-refractivity contribution < 1.29 is 19.1 Å². The third-order valence-electron chi connectivity index (χ3n) is 3.85. The minimum Gasteiger partial charge on any atom is -0.452 e. The molecule has 0 fully saturated rings. The van der Waals surface area contributed by atoms with E-state index >= 15 is 0 Å². The van der Waals surface area contributed by atoms with Crippen molar-refractivity contribution in [1.29, 1.82) is 0 Å². The quantitative estimate of drug-likeness (QED) is 0.366. The minimum absolute atomic E-state index is 0.208. The molecule has 0 saturated heterocycles. The predicted octanol–water partition coefficient (Wildman–Crippen LogP) is 3.88. The van der Waals surface area contributed by atoms with E-state index in [1.54, 1.807) is 48.5 Å². The molecule has 1 N–H and O–H groups in total. The molecule has 0 saturated carbocycles. The van der Waals surface area contributed by atoms with E-state index in [2.05, 4.69) is 10.3 Å². The van der Waals surface area contributed by atoms with Crippen molar-refractivity contribution in [2.24, 2.45) is 0 Å². The van der Waals surface area contributed by atoms with Crippen LogP contribution >= 0.6 is 11.3 Å². The van der Waals surface area contributed by atoms with Crippen molar-refractivity contribution >= 4 is 40.8 Å². The number of aryl methyl sites for hydroxylation is 1. The zero-order chi connectivity index (χ0) is 20.6. The average molecular weight is 406 g/mol. The van der Waals surface area contributed by atoms with Gasteiger partial charge in [0, 0.05) is 22.6 Å². The third kappa shape index (κ3) is 5.70. The molecule has 0 atom stereocenters. The molecule has 146 valence electrons. The number of hydrogen-bond acceptors (Lipinski definition) is 6. The summed E-state index contributed by atoms with van der Waals surface area (Å²) in [5, 5.41) is 5.32. The third-order valence-corrected chi connectivity index (χ3v) is 4.65. The van der Waals surface area contributed by atoms with E-state index in [1.807, 2.05) is 18.4 Å². The number of ether oxygens (including phenoxy) is 1. The van der Waals surface area contributed by atoms with Crippen molar-refractivity contribution in [3.05, 3.63) is 87.9 Å². The van der Waals surface area contributed by atoms with Crippen molar-refractivity contribution in [3.8, 4) is 0 Å². The highest BCUT2D eigenvalue weighted by Gasteiger charge is 2.15. The Hall–Kier alpha value is -3.58. The lowest BCUT2D eigenvalue weighted by atomic mass is 10.0. The molecule has 6 nitrogen and oxygen atoms in total. The standard InChI is InChI=1S/C22H18N2O4S/c1-15-23-17(14-29-15)11-12-21(26)28-13-20(25)24-19-10-6-5-9-18(19)22(27)16-7-3-2-4-8-16/h2-12,14H,13H2,1H3,(H,24,25)/b12-11+. The number of thiazole rings is 1. The number of ketones is 1. The molecular formula is C22H18N2O4S. The maximum atomic E-state index is 12.7. The number of amides is 1. The zero-order valence-corrected chi connectivity index (χ0v) is 16.4. The van der Waals surface area contributed by atoms with Gasteiger partial charge < -0.3 is 10.1 Å². The van der Waals surface area contributed by atoms with Crippen LogP contribution < -0.4 is 5.32 Å². The van der Waals surface area contributed by atoms with Crippen LogP contribution in [0.5, 0.6) is 0 Å². The van der Waals surface area contributed by atoms with Gasteiger partial charge in [0.25, 0.3) is 5.91 Å². The second kappa shape index (κ2) is 9.57. The molecule has 0 aliphatic heterocycles. The summed E-state index contributed by atoms with van der Waals surface area (Å²) in [4.78, 5) is 40.8. The second-order valence-corrected chi connectivity index (χ2v) is 7.08. The monoisotopic (exact) mass is 406 g/mol. The van der Waals surface area contributed by atoms with Crippen LogP contribution in [0.1, 0.15) is 26.6 Å². The number of rotatable bonds is 7. The highest BCUT2D eigenvalue weighted by molar-refractivity contribution is 7.09. The molecule has 0 aliphatic rings. The molecule has 2 aromatic carbocycles. The molecule has 1 heterocycles. The fourth-order valence-electron chi connectivity index (χ4n) is 2.52. The van der Waals surface area contributed by atoms with Gasteiger partial charge in [-0.05, 0) is 25.1 Å². The molecule has 1 amide bonds. The molecule has 3 aromatic rings. The Morgan fingerprint density at radius 2 is 1.79 bits per heavy atom. The summed E-state index contributed by atoms with van der Waals surface area (Å²) < 4.78 is 4.94. The van der Waals surface area contributed by atoms with Gasteiger partial charge in [0.1, 0.15) is 0 Å². The summed E-state index contributed by atoms with van der Waals surface area (Å²) in [6, 6.07) is 15.5. The first kappa shape index (κ1) is 20.2. The van der Waals surface area contributed by atoms with Gasteiger partial charge in [-0.25, -0.2) is 9.78 Å². The van der Waals surface area contributed by atoms with Crippen LogP contribution in [0.25, 0.3) is 6.08 Å². The largest absolute Gasteiger partial charge is 0.452 e. The number of esters is 1. The summed E-state index contributed by atoms with van der Waals surface area (Å²) in [7, 11) is 0. The van der Waals surface area contributed by atoms with Gasteiger partial charge in [0.2, 0.25) is 0 Å². The number of nitrogens with zero attached hydrogens (tertiary/aromatic N) is 1. The van der Waals surface area contributed by atoms with Gasteiger partial charge in [-0.3, -0.25) is 9.59 Å². The second-order valence-electron chi connectivity index (χ2n) is 6.02. The molecule has 0 bridgehead atoms. The van der Waals surface area contributed by atoms with Gasteiger partial charge in [0.05, 0.1) is 16.4 Å². The Kier molecular flexibility index (Phi) is 6.65. The molecule has 0 spiro atoms. The fraction of sp³-hybridized carbons (Fsp3) is 0.0909. The van der Waals surface area contributed by atoms with Gasteiger partial charge in [-0.2, -0.15) is 0 Å². The van der Waals surface area contributed by atoms with Crippen LogP contribution in [0.3, 0.4) is 0 Å². The maximum absolute atomic E-state index is 12.7. The van der Waals surface area contributed by atoms with E-state index in [4.69, 9.17) is 4.74 Å². The van der Waals surface area contributed by atoms with Crippen molar-refractivity contribution in [2.75, 3.05) is 11.9 Å². The van der Waals surface area contributed by atoms with E-state index in [0.29, 0.717) is 22.5 Å². The Morgan fingerprint density at radius 3 is 2.52 bits per heavy atom. The Balaban J connectivity index is 1.59. The summed E-state index contributed by atoms with van der Waals surface area (Å²) >= 11 is 1.47. The highest BCUT2D eigenvalue weighted by Crippen LogP contribution is 2.19. The smallest absolute Gasteiger partial charge is 0.331 e. The predicted molar refractivity (Wildman–Crippen MR) is 112 cm³/mol. The minimum atomic E-state index is -0.653. The van der Waals surface area contributed by atoms with Crippen LogP contribution in [-0.4, -0.2) is 29.3 Å². The number of para-hydroxylation sites is 1. The van der Waals surface area contributed by atoms with E-state index in [0.717, 1.165) is 5.01 Å². The normalized spacial score (nSPS) is 10.7. The number of carbonyl (C=O) groups is 3. The molecule has 7 heteroatoms. The van der Waals surface area contributed by atoms with Crippen molar-refractivity contribution in [1.82, 2.24) is 4.98 Å². The van der Waals surface area contributed by atoms with Crippen molar-refractivity contribution in [2.45, 2.75) is 6.92 Å². The molecule has 0 radical (unpaired) electrons. The van der Waals surface area contributed by atoms with Crippen LogP contribution in [0.2, 0.25) is 0 Å². The van der Waals surface area contributed by atoms with E-state index in [-0.39, 0.29) is 5.78 Å². The van der Waals surface area contributed by atoms with E-state index in [9.17, 15) is 14.4 Å². The molecule has 0 aliphatic carbocycles. The topological polar surface area (TPSA) is 85.4 Å². The number of aromatic nitrogens is 1.